The van der Waals surface area contributed by atoms with Crippen LogP contribution < -0.4 is 0 Å². The first-order chi connectivity index (χ1) is 8.08. The molecule has 2 aromatic carbocycles. The van der Waals surface area contributed by atoms with E-state index in [9.17, 15) is 0 Å². The van der Waals surface area contributed by atoms with Crippen LogP contribution in [0, 0.1) is 13.8 Å². The second-order valence-corrected chi connectivity index (χ2v) is 6.05. The first-order valence-electron chi connectivity index (χ1n) is 5.54. The van der Waals surface area contributed by atoms with Gasteiger partial charge in [-0.2, -0.15) is 0 Å². The highest BCUT2D eigenvalue weighted by Gasteiger charge is 2.10. The lowest BCUT2D eigenvalue weighted by molar-refractivity contribution is 1.16. The van der Waals surface area contributed by atoms with Gasteiger partial charge in [-0.1, -0.05) is 73.8 Å². The third-order valence-corrected chi connectivity index (χ3v) is 4.79. The van der Waals surface area contributed by atoms with Crippen LogP contribution >= 0.6 is 31.9 Å². The molecule has 1 atom stereocenters. The van der Waals surface area contributed by atoms with E-state index in [4.69, 9.17) is 0 Å². The molecule has 0 aliphatic carbocycles. The fraction of sp³-hybridized carbons (Fsp3) is 0.200. The Hall–Kier alpha value is -0.600. The minimum absolute atomic E-state index is 0.259. The highest BCUT2D eigenvalue weighted by Crippen LogP contribution is 2.32. The van der Waals surface area contributed by atoms with Crippen molar-refractivity contribution in [2.24, 2.45) is 0 Å². The first kappa shape index (κ1) is 12.8. The summed E-state index contributed by atoms with van der Waals surface area (Å²) in [5, 5.41) is 0. The molecule has 0 aromatic heterocycles. The molecule has 2 aromatic rings. The third-order valence-electron chi connectivity index (χ3n) is 2.84. The van der Waals surface area contributed by atoms with Crippen molar-refractivity contribution in [1.29, 1.82) is 0 Å². The molecule has 17 heavy (non-hydrogen) atoms. The Bertz CT molecular complexity index is 515. The summed E-state index contributed by atoms with van der Waals surface area (Å²) >= 11 is 7.29. The molecule has 0 spiro atoms. The lowest BCUT2D eigenvalue weighted by Crippen LogP contribution is -1.93. The number of halogens is 2. The number of alkyl halides is 1. The SMILES string of the molecule is Cc1ccc(C(Br)c2ccc(Br)c(C)c2)cc1. The van der Waals surface area contributed by atoms with Gasteiger partial charge in [0, 0.05) is 4.47 Å². The Kier molecular flexibility index (Phi) is 4.05. The van der Waals surface area contributed by atoms with Gasteiger partial charge in [0.05, 0.1) is 4.83 Å². The van der Waals surface area contributed by atoms with Crippen LogP contribution in [0.3, 0.4) is 0 Å². The van der Waals surface area contributed by atoms with E-state index in [-0.39, 0.29) is 4.83 Å². The highest BCUT2D eigenvalue weighted by molar-refractivity contribution is 9.10. The minimum Gasteiger partial charge on any atom is -0.0786 e. The van der Waals surface area contributed by atoms with Crippen molar-refractivity contribution in [2.45, 2.75) is 18.7 Å². The van der Waals surface area contributed by atoms with Crippen LogP contribution in [-0.2, 0) is 0 Å². The van der Waals surface area contributed by atoms with Gasteiger partial charge in [-0.15, -0.1) is 0 Å². The first-order valence-corrected chi connectivity index (χ1v) is 7.25. The van der Waals surface area contributed by atoms with Crippen LogP contribution in [-0.4, -0.2) is 0 Å². The van der Waals surface area contributed by atoms with Crippen LogP contribution in [0.4, 0.5) is 0 Å². The van der Waals surface area contributed by atoms with E-state index < -0.39 is 0 Å². The molecular formula is C15H14Br2. The average molecular weight is 354 g/mol. The van der Waals surface area contributed by atoms with E-state index in [1.165, 1.54) is 22.3 Å². The van der Waals surface area contributed by atoms with Gasteiger partial charge in [0.1, 0.15) is 0 Å². The fourth-order valence-electron chi connectivity index (χ4n) is 1.75. The molecule has 0 fully saturated rings. The van der Waals surface area contributed by atoms with Crippen LogP contribution in [0.1, 0.15) is 27.1 Å². The van der Waals surface area contributed by atoms with Gasteiger partial charge in [-0.05, 0) is 36.6 Å². The molecule has 0 aliphatic heterocycles. The zero-order chi connectivity index (χ0) is 12.4. The molecule has 0 bridgehead atoms. The van der Waals surface area contributed by atoms with Crippen molar-refractivity contribution in [3.8, 4) is 0 Å². The lowest BCUT2D eigenvalue weighted by atomic mass is 10.0. The van der Waals surface area contributed by atoms with Gasteiger partial charge in [0.2, 0.25) is 0 Å². The van der Waals surface area contributed by atoms with Crippen molar-refractivity contribution in [3.63, 3.8) is 0 Å². The van der Waals surface area contributed by atoms with E-state index in [0.717, 1.165) is 4.47 Å². The van der Waals surface area contributed by atoms with Crippen LogP contribution in [0.25, 0.3) is 0 Å². The van der Waals surface area contributed by atoms with E-state index in [2.05, 4.69) is 88.2 Å². The van der Waals surface area contributed by atoms with Gasteiger partial charge < -0.3 is 0 Å². The van der Waals surface area contributed by atoms with Gasteiger partial charge >= 0.3 is 0 Å². The van der Waals surface area contributed by atoms with Crippen LogP contribution in [0.15, 0.2) is 46.9 Å². The molecule has 2 rings (SSSR count). The summed E-state index contributed by atoms with van der Waals surface area (Å²) in [7, 11) is 0. The molecule has 0 N–H and O–H groups in total. The Morgan fingerprint density at radius 2 is 1.47 bits per heavy atom. The fourth-order valence-corrected chi connectivity index (χ4v) is 2.59. The molecule has 2 heteroatoms. The van der Waals surface area contributed by atoms with Gasteiger partial charge in [-0.3, -0.25) is 0 Å². The van der Waals surface area contributed by atoms with Crippen molar-refractivity contribution in [1.82, 2.24) is 0 Å². The standard InChI is InChI=1S/C15H14Br2/c1-10-3-5-12(6-4-10)15(17)13-7-8-14(16)11(2)9-13/h3-9,15H,1-2H3. The van der Waals surface area contributed by atoms with E-state index in [1.54, 1.807) is 0 Å². The Morgan fingerprint density at radius 1 is 0.882 bits per heavy atom. The Balaban J connectivity index is 2.33. The van der Waals surface area contributed by atoms with Crippen LogP contribution in [0.5, 0.6) is 0 Å². The maximum Gasteiger partial charge on any atom is 0.0644 e. The average Bonchev–Trinajstić information content (AvgIpc) is 2.33. The minimum atomic E-state index is 0.259. The van der Waals surface area contributed by atoms with E-state index >= 15 is 0 Å². The summed E-state index contributed by atoms with van der Waals surface area (Å²) in [6.07, 6.45) is 0. The molecule has 0 heterocycles. The number of aryl methyl sites for hydroxylation is 2. The van der Waals surface area contributed by atoms with E-state index in [1.807, 2.05) is 0 Å². The molecule has 1 unspecified atom stereocenters. The smallest absolute Gasteiger partial charge is 0.0644 e. The number of benzene rings is 2. The summed E-state index contributed by atoms with van der Waals surface area (Å²) < 4.78 is 1.16. The summed E-state index contributed by atoms with van der Waals surface area (Å²) in [5.41, 5.74) is 5.13. The predicted octanol–water partition coefficient (Wildman–Crippen LogP) is 5.55. The maximum atomic E-state index is 3.76. The molecule has 0 saturated carbocycles. The van der Waals surface area contributed by atoms with Gasteiger partial charge in [-0.25, -0.2) is 0 Å². The third kappa shape index (κ3) is 2.99. The molecular weight excluding hydrogens is 340 g/mol. The number of hydrogen-bond acceptors (Lipinski definition) is 0. The van der Waals surface area contributed by atoms with Gasteiger partial charge in [0.15, 0.2) is 0 Å². The van der Waals surface area contributed by atoms with Crippen molar-refractivity contribution in [2.75, 3.05) is 0 Å². The zero-order valence-corrected chi connectivity index (χ0v) is 13.0. The van der Waals surface area contributed by atoms with Crippen LogP contribution in [0.2, 0.25) is 0 Å². The summed E-state index contributed by atoms with van der Waals surface area (Å²) in [4.78, 5) is 0.259. The quantitative estimate of drug-likeness (QED) is 0.621. The summed E-state index contributed by atoms with van der Waals surface area (Å²) in [6, 6.07) is 15.1. The largest absolute Gasteiger partial charge is 0.0786 e. The number of hydrogen-bond donors (Lipinski definition) is 0. The van der Waals surface area contributed by atoms with Gasteiger partial charge in [0.25, 0.3) is 0 Å². The summed E-state index contributed by atoms with van der Waals surface area (Å²) in [5.74, 6) is 0. The number of rotatable bonds is 2. The molecule has 0 amide bonds. The summed E-state index contributed by atoms with van der Waals surface area (Å²) in [6.45, 7) is 4.22. The lowest BCUT2D eigenvalue weighted by Gasteiger charge is -2.12. The molecule has 0 aliphatic rings. The normalized spacial score (nSPS) is 12.5. The topological polar surface area (TPSA) is 0 Å². The highest BCUT2D eigenvalue weighted by atomic mass is 79.9. The Labute approximate surface area is 119 Å². The molecule has 0 radical (unpaired) electrons. The van der Waals surface area contributed by atoms with Crippen molar-refractivity contribution in [3.05, 3.63) is 69.2 Å². The van der Waals surface area contributed by atoms with E-state index in [0.29, 0.717) is 0 Å². The second kappa shape index (κ2) is 5.36. The molecule has 0 nitrogen and oxygen atoms in total. The monoisotopic (exact) mass is 352 g/mol. The second-order valence-electron chi connectivity index (χ2n) is 4.28. The molecule has 88 valence electrons. The molecule has 0 saturated heterocycles. The predicted molar refractivity (Wildman–Crippen MR) is 80.8 cm³/mol. The maximum absolute atomic E-state index is 3.76. The zero-order valence-electron chi connectivity index (χ0n) is 9.87. The van der Waals surface area contributed by atoms with Crippen molar-refractivity contribution >= 4 is 31.9 Å². The Morgan fingerprint density at radius 3 is 2.06 bits per heavy atom. The van der Waals surface area contributed by atoms with Crippen molar-refractivity contribution < 1.29 is 0 Å².